The number of hydrogen-bond acceptors (Lipinski definition) is 4. The molecule has 0 spiro atoms. The van der Waals surface area contributed by atoms with E-state index in [1.807, 2.05) is 12.4 Å². The van der Waals surface area contributed by atoms with Crippen molar-refractivity contribution < 1.29 is 0 Å². The van der Waals surface area contributed by atoms with Crippen molar-refractivity contribution in [2.45, 2.75) is 44.6 Å². The Kier molecular flexibility index (Phi) is 4.63. The van der Waals surface area contributed by atoms with Crippen LogP contribution in [0.25, 0.3) is 0 Å². The van der Waals surface area contributed by atoms with Crippen LogP contribution in [0.5, 0.6) is 0 Å². The molecular weight excluding hydrogens is 248 g/mol. The van der Waals surface area contributed by atoms with Crippen molar-refractivity contribution in [2.24, 2.45) is 0 Å². The third-order valence-electron chi connectivity index (χ3n) is 4.60. The van der Waals surface area contributed by atoms with Crippen LogP contribution in [0, 0.1) is 0 Å². The summed E-state index contributed by atoms with van der Waals surface area (Å²) in [5.41, 5.74) is 2.30. The molecule has 3 heterocycles. The number of aromatic nitrogens is 2. The molecule has 3 rings (SSSR count). The highest BCUT2D eigenvalue weighted by atomic mass is 15.1. The molecule has 4 nitrogen and oxygen atoms in total. The molecule has 0 bridgehead atoms. The number of likely N-dealkylation sites (tertiary alicyclic amines) is 2. The van der Waals surface area contributed by atoms with Gasteiger partial charge in [0.15, 0.2) is 0 Å². The summed E-state index contributed by atoms with van der Waals surface area (Å²) in [5, 5.41) is 0. The van der Waals surface area contributed by atoms with Crippen molar-refractivity contribution in [3.05, 3.63) is 23.8 Å². The molecule has 0 radical (unpaired) electrons. The van der Waals surface area contributed by atoms with Gasteiger partial charge in [0.25, 0.3) is 0 Å². The van der Waals surface area contributed by atoms with Crippen LogP contribution in [0.3, 0.4) is 0 Å². The maximum atomic E-state index is 4.69. The van der Waals surface area contributed by atoms with Gasteiger partial charge in [-0.1, -0.05) is 6.42 Å². The number of hydrogen-bond donors (Lipinski definition) is 0. The highest BCUT2D eigenvalue weighted by molar-refractivity contribution is 5.09. The monoisotopic (exact) mass is 274 g/mol. The Morgan fingerprint density at radius 2 is 1.90 bits per heavy atom. The molecule has 2 saturated heterocycles. The minimum Gasteiger partial charge on any atom is -0.306 e. The maximum absolute atomic E-state index is 4.69. The molecule has 2 aliphatic heterocycles. The Morgan fingerprint density at radius 3 is 2.60 bits per heavy atom. The lowest BCUT2D eigenvalue weighted by Crippen LogP contribution is -2.31. The lowest BCUT2D eigenvalue weighted by molar-refractivity contribution is 0.218. The molecule has 0 N–H and O–H groups in total. The van der Waals surface area contributed by atoms with E-state index in [1.165, 1.54) is 57.4 Å². The van der Waals surface area contributed by atoms with Gasteiger partial charge in [-0.3, -0.25) is 14.9 Å². The predicted molar refractivity (Wildman–Crippen MR) is 80.6 cm³/mol. The SMILES string of the molecule is CN1CCCC(c2cnc(CN3CCCCC3)cn2)C1. The average Bonchev–Trinajstić information content (AvgIpc) is 2.49. The normalized spacial score (nSPS) is 25.8. The molecule has 0 saturated carbocycles. The second-order valence-electron chi connectivity index (χ2n) is 6.37. The standard InChI is InChI=1S/C16H26N4/c1-19-7-5-6-14(12-19)16-11-17-15(10-18-16)13-20-8-3-2-4-9-20/h10-11,14H,2-9,12-13H2,1H3. The zero-order valence-electron chi connectivity index (χ0n) is 12.6. The van der Waals surface area contributed by atoms with Gasteiger partial charge < -0.3 is 4.90 Å². The summed E-state index contributed by atoms with van der Waals surface area (Å²) in [5.74, 6) is 0.574. The van der Waals surface area contributed by atoms with Gasteiger partial charge in [0, 0.05) is 25.2 Å². The molecule has 2 fully saturated rings. The molecule has 110 valence electrons. The van der Waals surface area contributed by atoms with E-state index in [-0.39, 0.29) is 0 Å². The summed E-state index contributed by atoms with van der Waals surface area (Å²) in [6, 6.07) is 0. The van der Waals surface area contributed by atoms with Gasteiger partial charge in [0.05, 0.1) is 17.6 Å². The Bertz CT molecular complexity index is 411. The van der Waals surface area contributed by atoms with E-state index in [9.17, 15) is 0 Å². The first-order valence-electron chi connectivity index (χ1n) is 8.03. The summed E-state index contributed by atoms with van der Waals surface area (Å²) in [4.78, 5) is 14.2. The quantitative estimate of drug-likeness (QED) is 0.846. The van der Waals surface area contributed by atoms with Gasteiger partial charge in [-0.15, -0.1) is 0 Å². The lowest BCUT2D eigenvalue weighted by atomic mass is 9.95. The fraction of sp³-hybridized carbons (Fsp3) is 0.750. The number of likely N-dealkylation sites (N-methyl/N-ethyl adjacent to an activating group) is 1. The van der Waals surface area contributed by atoms with Gasteiger partial charge in [0.1, 0.15) is 0 Å². The topological polar surface area (TPSA) is 32.3 Å². The van der Waals surface area contributed by atoms with E-state index in [4.69, 9.17) is 0 Å². The molecule has 0 aromatic carbocycles. The number of nitrogens with zero attached hydrogens (tertiary/aromatic N) is 4. The summed E-state index contributed by atoms with van der Waals surface area (Å²) in [6.07, 6.45) is 10.6. The summed E-state index contributed by atoms with van der Waals surface area (Å²) >= 11 is 0. The Hall–Kier alpha value is -1.00. The summed E-state index contributed by atoms with van der Waals surface area (Å²) < 4.78 is 0. The molecule has 1 aromatic heterocycles. The fourth-order valence-corrected chi connectivity index (χ4v) is 3.41. The highest BCUT2D eigenvalue weighted by Gasteiger charge is 2.20. The Labute approximate surface area is 122 Å². The molecule has 1 unspecified atom stereocenters. The van der Waals surface area contributed by atoms with Crippen LogP contribution >= 0.6 is 0 Å². The zero-order chi connectivity index (χ0) is 13.8. The Morgan fingerprint density at radius 1 is 1.05 bits per heavy atom. The molecular formula is C16H26N4. The van der Waals surface area contributed by atoms with Crippen molar-refractivity contribution in [3.63, 3.8) is 0 Å². The summed E-state index contributed by atoms with van der Waals surface area (Å²) in [7, 11) is 2.20. The lowest BCUT2D eigenvalue weighted by Gasteiger charge is -2.29. The number of rotatable bonds is 3. The minimum absolute atomic E-state index is 0.574. The van der Waals surface area contributed by atoms with Crippen LogP contribution in [0.1, 0.15) is 49.4 Å². The van der Waals surface area contributed by atoms with Gasteiger partial charge >= 0.3 is 0 Å². The smallest absolute Gasteiger partial charge is 0.0727 e. The van der Waals surface area contributed by atoms with E-state index in [0.717, 1.165) is 18.8 Å². The van der Waals surface area contributed by atoms with E-state index >= 15 is 0 Å². The second kappa shape index (κ2) is 6.64. The molecule has 1 atom stereocenters. The molecule has 1 aromatic rings. The second-order valence-corrected chi connectivity index (χ2v) is 6.37. The third kappa shape index (κ3) is 3.55. The van der Waals surface area contributed by atoms with Gasteiger partial charge in [-0.2, -0.15) is 0 Å². The van der Waals surface area contributed by atoms with Crippen LogP contribution in [-0.2, 0) is 6.54 Å². The van der Waals surface area contributed by atoms with Crippen molar-refractivity contribution in [1.82, 2.24) is 19.8 Å². The largest absolute Gasteiger partial charge is 0.306 e. The zero-order valence-corrected chi connectivity index (χ0v) is 12.6. The van der Waals surface area contributed by atoms with Crippen molar-refractivity contribution in [2.75, 3.05) is 33.2 Å². The van der Waals surface area contributed by atoms with Crippen LogP contribution in [-0.4, -0.2) is 53.0 Å². The first-order valence-corrected chi connectivity index (χ1v) is 8.03. The molecule has 0 amide bonds. The van der Waals surface area contributed by atoms with Crippen LogP contribution < -0.4 is 0 Å². The first kappa shape index (κ1) is 14.0. The van der Waals surface area contributed by atoms with Crippen molar-refractivity contribution in [1.29, 1.82) is 0 Å². The molecule has 2 aliphatic rings. The predicted octanol–water partition coefficient (Wildman–Crippen LogP) is 2.27. The first-order chi connectivity index (χ1) is 9.81. The number of piperidine rings is 2. The van der Waals surface area contributed by atoms with Crippen molar-refractivity contribution >= 4 is 0 Å². The molecule has 20 heavy (non-hydrogen) atoms. The Balaban J connectivity index is 1.59. The van der Waals surface area contributed by atoms with Crippen molar-refractivity contribution in [3.8, 4) is 0 Å². The fourth-order valence-electron chi connectivity index (χ4n) is 3.41. The van der Waals surface area contributed by atoms with E-state index < -0.39 is 0 Å². The third-order valence-corrected chi connectivity index (χ3v) is 4.60. The van der Waals surface area contributed by atoms with E-state index in [1.54, 1.807) is 0 Å². The van der Waals surface area contributed by atoms with E-state index in [2.05, 4.69) is 26.8 Å². The van der Waals surface area contributed by atoms with Crippen LogP contribution in [0.15, 0.2) is 12.4 Å². The molecule has 0 aliphatic carbocycles. The van der Waals surface area contributed by atoms with Crippen LogP contribution in [0.4, 0.5) is 0 Å². The van der Waals surface area contributed by atoms with E-state index in [0.29, 0.717) is 5.92 Å². The van der Waals surface area contributed by atoms with Gasteiger partial charge in [-0.25, -0.2) is 0 Å². The maximum Gasteiger partial charge on any atom is 0.0727 e. The minimum atomic E-state index is 0.574. The molecule has 4 heteroatoms. The average molecular weight is 274 g/mol. The summed E-state index contributed by atoms with van der Waals surface area (Å²) in [6.45, 7) is 5.75. The van der Waals surface area contributed by atoms with Crippen LogP contribution in [0.2, 0.25) is 0 Å². The highest BCUT2D eigenvalue weighted by Crippen LogP contribution is 2.24. The van der Waals surface area contributed by atoms with Gasteiger partial charge in [-0.05, 0) is 52.4 Å². The van der Waals surface area contributed by atoms with Gasteiger partial charge in [0.2, 0.25) is 0 Å².